The van der Waals surface area contributed by atoms with Crippen molar-refractivity contribution in [1.82, 2.24) is 4.90 Å². The highest BCUT2D eigenvalue weighted by Gasteiger charge is 2.34. The molecule has 0 saturated heterocycles. The lowest BCUT2D eigenvalue weighted by molar-refractivity contribution is 0.0623. The number of carbonyl (C=O) groups excluding carboxylic acids is 2. The molecule has 2 heterocycles. The normalized spacial score (nSPS) is 15.6. The van der Waals surface area contributed by atoms with E-state index in [1.807, 2.05) is 17.5 Å². The van der Waals surface area contributed by atoms with Crippen LogP contribution in [0.2, 0.25) is 0 Å². The number of rotatable bonds is 4. The van der Waals surface area contributed by atoms with Crippen LogP contribution in [0.3, 0.4) is 0 Å². The molecule has 4 nitrogen and oxygen atoms in total. The van der Waals surface area contributed by atoms with E-state index < -0.39 is 6.10 Å². The lowest BCUT2D eigenvalue weighted by Gasteiger charge is -2.16. The number of thiophene rings is 1. The van der Waals surface area contributed by atoms with Crippen molar-refractivity contribution in [2.45, 2.75) is 12.5 Å². The van der Waals surface area contributed by atoms with Crippen molar-refractivity contribution < 1.29 is 14.7 Å². The standard InChI is InChI=1S/C15H13NO3S/c17-12(13-6-3-9-20-13)7-8-16-14(18)10-4-1-2-5-11(10)15(16)19/h1-6,9,12,17H,7-8H2/t12-/m1/s1. The maximum absolute atomic E-state index is 12.1. The van der Waals surface area contributed by atoms with Gasteiger partial charge in [0.25, 0.3) is 11.8 Å². The van der Waals surface area contributed by atoms with Gasteiger partial charge in [0.15, 0.2) is 0 Å². The molecule has 20 heavy (non-hydrogen) atoms. The fraction of sp³-hybridized carbons (Fsp3) is 0.200. The Kier molecular flexibility index (Phi) is 3.38. The molecular formula is C15H13NO3S. The summed E-state index contributed by atoms with van der Waals surface area (Å²) >= 11 is 1.46. The minimum Gasteiger partial charge on any atom is -0.388 e. The van der Waals surface area contributed by atoms with Gasteiger partial charge in [-0.25, -0.2) is 0 Å². The third-order valence-electron chi connectivity index (χ3n) is 3.38. The van der Waals surface area contributed by atoms with Crippen LogP contribution in [0.1, 0.15) is 38.1 Å². The van der Waals surface area contributed by atoms with Gasteiger partial charge in [-0.3, -0.25) is 14.5 Å². The number of fused-ring (bicyclic) bond motifs is 1. The molecule has 3 rings (SSSR count). The summed E-state index contributed by atoms with van der Waals surface area (Å²) in [4.78, 5) is 26.3. The number of amides is 2. The third kappa shape index (κ3) is 2.15. The van der Waals surface area contributed by atoms with E-state index in [2.05, 4.69) is 0 Å². The fourth-order valence-corrected chi connectivity index (χ4v) is 3.06. The number of aliphatic hydroxyl groups excluding tert-OH is 1. The van der Waals surface area contributed by atoms with Crippen LogP contribution in [-0.4, -0.2) is 28.4 Å². The van der Waals surface area contributed by atoms with Crippen LogP contribution in [0.25, 0.3) is 0 Å². The Morgan fingerprint density at radius 1 is 1.05 bits per heavy atom. The van der Waals surface area contributed by atoms with Gasteiger partial charge < -0.3 is 5.11 Å². The number of carbonyl (C=O) groups is 2. The van der Waals surface area contributed by atoms with Crippen molar-refractivity contribution in [3.63, 3.8) is 0 Å². The summed E-state index contributed by atoms with van der Waals surface area (Å²) in [5, 5.41) is 11.9. The molecule has 2 aromatic rings. The molecule has 0 unspecified atom stereocenters. The van der Waals surface area contributed by atoms with Crippen molar-refractivity contribution in [1.29, 1.82) is 0 Å². The molecule has 1 aromatic heterocycles. The first-order chi connectivity index (χ1) is 9.68. The van der Waals surface area contributed by atoms with E-state index in [0.717, 1.165) is 4.88 Å². The minimum absolute atomic E-state index is 0.228. The molecule has 1 atom stereocenters. The van der Waals surface area contributed by atoms with E-state index in [1.54, 1.807) is 24.3 Å². The molecule has 102 valence electrons. The van der Waals surface area contributed by atoms with E-state index >= 15 is 0 Å². The molecule has 1 N–H and O–H groups in total. The zero-order chi connectivity index (χ0) is 14.1. The smallest absolute Gasteiger partial charge is 0.261 e. The predicted octanol–water partition coefficient (Wildman–Crippen LogP) is 2.47. The molecule has 0 saturated carbocycles. The summed E-state index contributed by atoms with van der Waals surface area (Å²) in [6, 6.07) is 10.5. The summed E-state index contributed by atoms with van der Waals surface area (Å²) in [5.41, 5.74) is 0.895. The molecule has 0 radical (unpaired) electrons. The van der Waals surface area contributed by atoms with Gasteiger partial charge >= 0.3 is 0 Å². The van der Waals surface area contributed by atoms with Crippen LogP contribution in [0.4, 0.5) is 0 Å². The Morgan fingerprint density at radius 3 is 2.25 bits per heavy atom. The highest BCUT2D eigenvalue weighted by Crippen LogP contribution is 2.26. The number of hydrogen-bond donors (Lipinski definition) is 1. The van der Waals surface area contributed by atoms with Crippen LogP contribution >= 0.6 is 11.3 Å². The molecule has 0 spiro atoms. The molecule has 5 heteroatoms. The number of aliphatic hydroxyl groups is 1. The topological polar surface area (TPSA) is 57.6 Å². The molecule has 1 aliphatic heterocycles. The van der Waals surface area contributed by atoms with Crippen molar-refractivity contribution in [2.24, 2.45) is 0 Å². The van der Waals surface area contributed by atoms with E-state index in [1.165, 1.54) is 16.2 Å². The fourth-order valence-electron chi connectivity index (χ4n) is 2.32. The molecule has 0 aliphatic carbocycles. The van der Waals surface area contributed by atoms with E-state index in [-0.39, 0.29) is 18.4 Å². The summed E-state index contributed by atoms with van der Waals surface area (Å²) < 4.78 is 0. The van der Waals surface area contributed by atoms with Crippen LogP contribution in [0, 0.1) is 0 Å². The zero-order valence-corrected chi connectivity index (χ0v) is 11.5. The van der Waals surface area contributed by atoms with Crippen molar-refractivity contribution in [2.75, 3.05) is 6.54 Å². The quantitative estimate of drug-likeness (QED) is 0.879. The Balaban J connectivity index is 1.71. The first-order valence-electron chi connectivity index (χ1n) is 6.35. The van der Waals surface area contributed by atoms with E-state index in [9.17, 15) is 14.7 Å². The van der Waals surface area contributed by atoms with Gasteiger partial charge in [0.1, 0.15) is 0 Å². The number of benzene rings is 1. The van der Waals surface area contributed by atoms with Crippen LogP contribution in [0.5, 0.6) is 0 Å². The van der Waals surface area contributed by atoms with Gasteiger partial charge in [0.2, 0.25) is 0 Å². The highest BCUT2D eigenvalue weighted by atomic mass is 32.1. The first-order valence-corrected chi connectivity index (χ1v) is 7.23. The van der Waals surface area contributed by atoms with E-state index in [4.69, 9.17) is 0 Å². The van der Waals surface area contributed by atoms with Crippen molar-refractivity contribution >= 4 is 23.2 Å². The zero-order valence-electron chi connectivity index (χ0n) is 10.7. The Bertz CT molecular complexity index is 616. The van der Waals surface area contributed by atoms with Crippen LogP contribution < -0.4 is 0 Å². The van der Waals surface area contributed by atoms with Crippen molar-refractivity contribution in [3.8, 4) is 0 Å². The summed E-state index contributed by atoms with van der Waals surface area (Å²) in [5.74, 6) is -0.548. The SMILES string of the molecule is O=C1c2ccccc2C(=O)N1CC[C@@H](O)c1cccs1. The highest BCUT2D eigenvalue weighted by molar-refractivity contribution is 7.10. The molecular weight excluding hydrogens is 274 g/mol. The molecule has 2 amide bonds. The number of imide groups is 1. The predicted molar refractivity (Wildman–Crippen MR) is 75.7 cm³/mol. The maximum atomic E-state index is 12.1. The Labute approximate surface area is 120 Å². The largest absolute Gasteiger partial charge is 0.388 e. The summed E-state index contributed by atoms with van der Waals surface area (Å²) in [6.07, 6.45) is -0.286. The van der Waals surface area contributed by atoms with Gasteiger partial charge in [-0.15, -0.1) is 11.3 Å². The van der Waals surface area contributed by atoms with E-state index in [0.29, 0.717) is 17.5 Å². The lowest BCUT2D eigenvalue weighted by atomic mass is 10.1. The molecule has 0 fully saturated rings. The van der Waals surface area contributed by atoms with Gasteiger partial charge in [-0.05, 0) is 30.0 Å². The average Bonchev–Trinajstić information content (AvgIpc) is 3.07. The number of nitrogens with zero attached hydrogens (tertiary/aromatic N) is 1. The third-order valence-corrected chi connectivity index (χ3v) is 4.35. The van der Waals surface area contributed by atoms with Crippen molar-refractivity contribution in [3.05, 3.63) is 57.8 Å². The second-order valence-electron chi connectivity index (χ2n) is 4.63. The minimum atomic E-state index is -0.640. The number of hydrogen-bond acceptors (Lipinski definition) is 4. The van der Waals surface area contributed by atoms with Gasteiger partial charge in [0, 0.05) is 11.4 Å². The molecule has 1 aromatic carbocycles. The Hall–Kier alpha value is -1.98. The average molecular weight is 287 g/mol. The second-order valence-corrected chi connectivity index (χ2v) is 5.61. The lowest BCUT2D eigenvalue weighted by Crippen LogP contribution is -2.31. The van der Waals surface area contributed by atoms with Gasteiger partial charge in [-0.2, -0.15) is 0 Å². The van der Waals surface area contributed by atoms with Gasteiger partial charge in [-0.1, -0.05) is 18.2 Å². The summed E-state index contributed by atoms with van der Waals surface area (Å²) in [6.45, 7) is 0.228. The molecule has 0 bridgehead atoms. The van der Waals surface area contributed by atoms with Crippen LogP contribution in [-0.2, 0) is 0 Å². The summed E-state index contributed by atoms with van der Waals surface area (Å²) in [7, 11) is 0. The second kappa shape index (κ2) is 5.19. The van der Waals surface area contributed by atoms with Crippen LogP contribution in [0.15, 0.2) is 41.8 Å². The maximum Gasteiger partial charge on any atom is 0.261 e. The Morgan fingerprint density at radius 2 is 1.70 bits per heavy atom. The monoisotopic (exact) mass is 287 g/mol. The first kappa shape index (κ1) is 13.0. The van der Waals surface area contributed by atoms with Gasteiger partial charge in [0.05, 0.1) is 17.2 Å². The molecule has 1 aliphatic rings.